The first kappa shape index (κ1) is 15.8. The van der Waals surface area contributed by atoms with Gasteiger partial charge in [0.2, 0.25) is 0 Å². The first-order chi connectivity index (χ1) is 11.5. The lowest BCUT2D eigenvalue weighted by Crippen LogP contribution is -2.21. The van der Waals surface area contributed by atoms with Gasteiger partial charge in [0, 0.05) is 24.7 Å². The van der Waals surface area contributed by atoms with Crippen molar-refractivity contribution < 1.29 is 13.6 Å². The molecule has 0 aliphatic rings. The predicted molar refractivity (Wildman–Crippen MR) is 84.9 cm³/mol. The summed E-state index contributed by atoms with van der Waals surface area (Å²) < 4.78 is 28.1. The van der Waals surface area contributed by atoms with E-state index in [4.69, 9.17) is 0 Å². The van der Waals surface area contributed by atoms with Crippen molar-refractivity contribution in [1.29, 1.82) is 0 Å². The number of fused-ring (bicyclic) bond motifs is 1. The molecule has 0 saturated carbocycles. The molecule has 0 fully saturated rings. The number of carbonyl (C=O) groups is 1. The first-order valence-corrected chi connectivity index (χ1v) is 7.15. The van der Waals surface area contributed by atoms with Gasteiger partial charge in [-0.3, -0.25) is 9.59 Å². The molecule has 0 aliphatic carbocycles. The Bertz CT molecular complexity index is 982. The molecule has 0 saturated heterocycles. The van der Waals surface area contributed by atoms with E-state index < -0.39 is 17.2 Å². The summed E-state index contributed by atoms with van der Waals surface area (Å²) in [6.07, 6.45) is 1.07. The van der Waals surface area contributed by atoms with Crippen molar-refractivity contribution in [3.8, 4) is 0 Å². The highest BCUT2D eigenvalue weighted by Crippen LogP contribution is 2.16. The molecule has 7 heteroatoms. The van der Waals surface area contributed by atoms with Crippen LogP contribution in [0.1, 0.15) is 15.9 Å². The molecule has 3 aromatic rings. The van der Waals surface area contributed by atoms with E-state index in [9.17, 15) is 18.4 Å². The number of rotatable bonds is 3. The maximum Gasteiger partial charge on any atom is 0.269 e. The fourth-order valence-corrected chi connectivity index (χ4v) is 2.41. The summed E-state index contributed by atoms with van der Waals surface area (Å²) in [6, 6.07) is 8.56. The van der Waals surface area contributed by atoms with Crippen molar-refractivity contribution in [3.05, 3.63) is 75.7 Å². The molecule has 0 aliphatic heterocycles. The molecule has 0 radical (unpaired) electrons. The first-order valence-electron chi connectivity index (χ1n) is 7.15. The standard InChI is InChI=1S/C17H13F2N3O2/c1-20-17(24)11-4-2-10(3-5-11)9-22-15-7-13(19)12(18)6-14(15)21-8-16(22)23/h2-8H,9H2,1H3,(H,20,24). The molecule has 0 bridgehead atoms. The van der Waals surface area contributed by atoms with Gasteiger partial charge in [0.25, 0.3) is 11.5 Å². The highest BCUT2D eigenvalue weighted by atomic mass is 19.2. The van der Waals surface area contributed by atoms with Crippen LogP contribution >= 0.6 is 0 Å². The Morgan fingerprint density at radius 3 is 2.50 bits per heavy atom. The SMILES string of the molecule is CNC(=O)c1ccc(Cn2c(=O)cnc3cc(F)c(F)cc32)cc1. The summed E-state index contributed by atoms with van der Waals surface area (Å²) in [5, 5.41) is 2.52. The number of benzene rings is 2. The molecule has 0 atom stereocenters. The summed E-state index contributed by atoms with van der Waals surface area (Å²) in [4.78, 5) is 27.4. The zero-order chi connectivity index (χ0) is 17.3. The van der Waals surface area contributed by atoms with Crippen LogP contribution < -0.4 is 10.9 Å². The van der Waals surface area contributed by atoms with E-state index in [1.165, 1.54) is 11.6 Å². The molecular formula is C17H13F2N3O2. The largest absolute Gasteiger partial charge is 0.355 e. The van der Waals surface area contributed by atoms with Gasteiger partial charge in [-0.05, 0) is 17.7 Å². The average molecular weight is 329 g/mol. The Labute approximate surface area is 135 Å². The molecule has 122 valence electrons. The van der Waals surface area contributed by atoms with E-state index in [2.05, 4.69) is 10.3 Å². The second-order valence-corrected chi connectivity index (χ2v) is 5.21. The molecule has 2 aromatic carbocycles. The third-order valence-corrected chi connectivity index (χ3v) is 3.67. The third kappa shape index (κ3) is 2.88. The number of amides is 1. The van der Waals surface area contributed by atoms with E-state index in [0.717, 1.165) is 23.9 Å². The number of hydrogen-bond acceptors (Lipinski definition) is 3. The van der Waals surface area contributed by atoms with Crippen LogP contribution in [0.5, 0.6) is 0 Å². The van der Waals surface area contributed by atoms with Crippen molar-refractivity contribution in [2.45, 2.75) is 6.54 Å². The van der Waals surface area contributed by atoms with Crippen molar-refractivity contribution in [1.82, 2.24) is 14.9 Å². The average Bonchev–Trinajstić information content (AvgIpc) is 2.59. The molecule has 0 spiro atoms. The second kappa shape index (κ2) is 6.19. The fraction of sp³-hybridized carbons (Fsp3) is 0.118. The quantitative estimate of drug-likeness (QED) is 0.800. The molecule has 1 amide bonds. The van der Waals surface area contributed by atoms with Crippen LogP contribution in [0.4, 0.5) is 8.78 Å². The number of nitrogens with one attached hydrogen (secondary N) is 1. The summed E-state index contributed by atoms with van der Waals surface area (Å²) >= 11 is 0. The maximum atomic E-state index is 13.5. The Morgan fingerprint density at radius 2 is 1.83 bits per heavy atom. The zero-order valence-corrected chi connectivity index (χ0v) is 12.7. The lowest BCUT2D eigenvalue weighted by atomic mass is 10.1. The number of nitrogens with zero attached hydrogens (tertiary/aromatic N) is 2. The van der Waals surface area contributed by atoms with Crippen molar-refractivity contribution in [3.63, 3.8) is 0 Å². The smallest absolute Gasteiger partial charge is 0.269 e. The van der Waals surface area contributed by atoms with E-state index in [1.807, 2.05) is 0 Å². The highest BCUT2D eigenvalue weighted by Gasteiger charge is 2.11. The zero-order valence-electron chi connectivity index (χ0n) is 12.7. The van der Waals surface area contributed by atoms with Crippen LogP contribution in [0.3, 0.4) is 0 Å². The minimum atomic E-state index is -1.04. The Balaban J connectivity index is 2.03. The van der Waals surface area contributed by atoms with Crippen LogP contribution in [0.2, 0.25) is 0 Å². The van der Waals surface area contributed by atoms with E-state index in [0.29, 0.717) is 5.56 Å². The Hall–Kier alpha value is -3.09. The van der Waals surface area contributed by atoms with Gasteiger partial charge in [-0.15, -0.1) is 0 Å². The minimum absolute atomic E-state index is 0.150. The lowest BCUT2D eigenvalue weighted by Gasteiger charge is -2.10. The molecule has 24 heavy (non-hydrogen) atoms. The third-order valence-electron chi connectivity index (χ3n) is 3.67. The van der Waals surface area contributed by atoms with Gasteiger partial charge < -0.3 is 9.88 Å². The lowest BCUT2D eigenvalue weighted by molar-refractivity contribution is 0.0963. The monoisotopic (exact) mass is 329 g/mol. The van der Waals surface area contributed by atoms with Crippen LogP contribution in [0.15, 0.2) is 47.4 Å². The van der Waals surface area contributed by atoms with Crippen LogP contribution in [-0.4, -0.2) is 22.5 Å². The molecule has 5 nitrogen and oxygen atoms in total. The minimum Gasteiger partial charge on any atom is -0.355 e. The van der Waals surface area contributed by atoms with Gasteiger partial charge in [-0.1, -0.05) is 12.1 Å². The molecular weight excluding hydrogens is 316 g/mol. The van der Waals surface area contributed by atoms with Crippen molar-refractivity contribution in [2.24, 2.45) is 0 Å². The predicted octanol–water partition coefficient (Wildman–Crippen LogP) is 2.08. The normalized spacial score (nSPS) is 10.8. The number of carbonyl (C=O) groups excluding carboxylic acids is 1. The summed E-state index contributed by atoms with van der Waals surface area (Å²) in [5.74, 6) is -2.28. The Kier molecular flexibility index (Phi) is 4.07. The summed E-state index contributed by atoms with van der Waals surface area (Å²) in [7, 11) is 1.53. The number of aromatic nitrogens is 2. The molecule has 1 aromatic heterocycles. The van der Waals surface area contributed by atoms with Crippen LogP contribution in [-0.2, 0) is 6.54 Å². The van der Waals surface area contributed by atoms with Crippen molar-refractivity contribution >= 4 is 16.9 Å². The fourth-order valence-electron chi connectivity index (χ4n) is 2.41. The summed E-state index contributed by atoms with van der Waals surface area (Å²) in [6.45, 7) is 0.150. The molecule has 1 N–H and O–H groups in total. The topological polar surface area (TPSA) is 64.0 Å². The number of hydrogen-bond donors (Lipinski definition) is 1. The molecule has 0 unspecified atom stereocenters. The van der Waals surface area contributed by atoms with Gasteiger partial charge in [-0.25, -0.2) is 13.8 Å². The molecule has 3 rings (SSSR count). The van der Waals surface area contributed by atoms with Gasteiger partial charge in [0.15, 0.2) is 11.6 Å². The van der Waals surface area contributed by atoms with Gasteiger partial charge in [0.05, 0.1) is 23.8 Å². The van der Waals surface area contributed by atoms with Crippen molar-refractivity contribution in [2.75, 3.05) is 7.05 Å². The van der Waals surface area contributed by atoms with Crippen LogP contribution in [0, 0.1) is 11.6 Å². The second-order valence-electron chi connectivity index (χ2n) is 5.21. The van der Waals surface area contributed by atoms with Crippen LogP contribution in [0.25, 0.3) is 11.0 Å². The van der Waals surface area contributed by atoms with E-state index in [1.54, 1.807) is 24.3 Å². The van der Waals surface area contributed by atoms with Gasteiger partial charge in [-0.2, -0.15) is 0 Å². The number of halogens is 2. The molecule has 1 heterocycles. The van der Waals surface area contributed by atoms with E-state index in [-0.39, 0.29) is 23.5 Å². The highest BCUT2D eigenvalue weighted by molar-refractivity contribution is 5.93. The summed E-state index contributed by atoms with van der Waals surface area (Å²) in [5.41, 5.74) is 1.19. The Morgan fingerprint density at radius 1 is 1.17 bits per heavy atom. The maximum absolute atomic E-state index is 13.5. The van der Waals surface area contributed by atoms with Gasteiger partial charge >= 0.3 is 0 Å². The van der Waals surface area contributed by atoms with Gasteiger partial charge in [0.1, 0.15) is 0 Å². The van der Waals surface area contributed by atoms with E-state index >= 15 is 0 Å².